The largest absolute Gasteiger partial charge is 0.493 e. The molecule has 3 aromatic rings. The molecule has 3 rings (SSSR count). The number of aromatic nitrogens is 1. The Morgan fingerprint density at radius 3 is 2.00 bits per heavy atom. The second-order valence-corrected chi connectivity index (χ2v) is 11.9. The van der Waals surface area contributed by atoms with Gasteiger partial charge < -0.3 is 20.1 Å². The van der Waals surface area contributed by atoms with Gasteiger partial charge in [-0.25, -0.2) is 4.79 Å². The zero-order chi connectivity index (χ0) is 34.2. The molecule has 1 aromatic heterocycles. The molecule has 0 aliphatic heterocycles. The van der Waals surface area contributed by atoms with Crippen LogP contribution in [0.15, 0.2) is 69.6 Å². The molecule has 47 heavy (non-hydrogen) atoms. The van der Waals surface area contributed by atoms with Crippen LogP contribution in [-0.4, -0.2) is 46.6 Å². The van der Waals surface area contributed by atoms with Crippen molar-refractivity contribution in [2.45, 2.75) is 86.0 Å². The summed E-state index contributed by atoms with van der Waals surface area (Å²) >= 11 is 0. The molecule has 0 saturated carbocycles. The molecule has 0 spiro atoms. The first-order valence-corrected chi connectivity index (χ1v) is 17.0. The topological polar surface area (TPSA) is 136 Å². The molecular weight excluding hydrogens is 594 g/mol. The average molecular weight is 646 g/mol. The summed E-state index contributed by atoms with van der Waals surface area (Å²) < 4.78 is 5.11. The van der Waals surface area contributed by atoms with Crippen molar-refractivity contribution >= 4 is 34.6 Å². The molecule has 1 heterocycles. The van der Waals surface area contributed by atoms with Crippen molar-refractivity contribution in [3.8, 4) is 5.88 Å². The van der Waals surface area contributed by atoms with Crippen LogP contribution < -0.4 is 10.9 Å². The Hall–Kier alpha value is -4.47. The highest BCUT2D eigenvalue weighted by Gasteiger charge is 2.25. The molecule has 2 unspecified atom stereocenters. The summed E-state index contributed by atoms with van der Waals surface area (Å²) in [5.41, 5.74) is 0.214. The fraction of sp³-hybridized carbons (Fsp3) is 0.486. The van der Waals surface area contributed by atoms with Crippen molar-refractivity contribution in [3.63, 3.8) is 0 Å². The second-order valence-electron chi connectivity index (χ2n) is 11.9. The average Bonchev–Trinajstić information content (AvgIpc) is 3.07. The van der Waals surface area contributed by atoms with Crippen molar-refractivity contribution in [2.75, 3.05) is 25.0 Å². The van der Waals surface area contributed by atoms with Gasteiger partial charge in [0, 0.05) is 24.3 Å². The van der Waals surface area contributed by atoms with Crippen LogP contribution in [0.5, 0.6) is 5.88 Å². The van der Waals surface area contributed by atoms with Gasteiger partial charge in [0.15, 0.2) is 11.3 Å². The molecule has 10 nitrogen and oxygen atoms in total. The highest BCUT2D eigenvalue weighted by atomic mass is 16.5. The van der Waals surface area contributed by atoms with E-state index in [1.165, 1.54) is 0 Å². The normalized spacial score (nSPS) is 12.5. The van der Waals surface area contributed by atoms with Gasteiger partial charge in [0.2, 0.25) is 5.88 Å². The number of pyridine rings is 1. The number of ether oxygens (including phenoxy) is 1. The Morgan fingerprint density at radius 2 is 1.47 bits per heavy atom. The first-order valence-electron chi connectivity index (χ1n) is 17.0. The van der Waals surface area contributed by atoms with E-state index in [9.17, 15) is 19.5 Å². The lowest BCUT2D eigenvalue weighted by Crippen LogP contribution is -2.39. The summed E-state index contributed by atoms with van der Waals surface area (Å²) in [6.07, 6.45) is 8.87. The minimum atomic E-state index is -0.865. The second kappa shape index (κ2) is 19.3. The minimum Gasteiger partial charge on any atom is -0.493 e. The van der Waals surface area contributed by atoms with E-state index in [1.807, 2.05) is 11.0 Å². The molecule has 0 saturated heterocycles. The smallest absolute Gasteiger partial charge is 0.346 e. The van der Waals surface area contributed by atoms with Gasteiger partial charge in [-0.3, -0.25) is 14.6 Å². The number of para-hydroxylation sites is 1. The third-order valence-electron chi connectivity index (χ3n) is 8.40. The monoisotopic (exact) mass is 645 g/mol. The van der Waals surface area contributed by atoms with Gasteiger partial charge in [0.1, 0.15) is 0 Å². The van der Waals surface area contributed by atoms with Gasteiger partial charge in [0.05, 0.1) is 18.0 Å². The van der Waals surface area contributed by atoms with Crippen molar-refractivity contribution in [3.05, 3.63) is 76.1 Å². The molecule has 0 fully saturated rings. The number of benzene rings is 2. The molecule has 1 amide bonds. The van der Waals surface area contributed by atoms with Crippen LogP contribution in [0.4, 0.5) is 22.7 Å². The number of nitrogens with one attached hydrogen (secondary N) is 2. The third-order valence-corrected chi connectivity index (χ3v) is 8.40. The Bertz CT molecular complexity index is 1490. The number of hydrogen-bond donors (Lipinski definition) is 3. The predicted molar refractivity (Wildman–Crippen MR) is 188 cm³/mol. The van der Waals surface area contributed by atoms with E-state index < -0.39 is 17.4 Å². The fourth-order valence-electron chi connectivity index (χ4n) is 5.52. The maximum absolute atomic E-state index is 13.9. The van der Waals surface area contributed by atoms with E-state index in [2.05, 4.69) is 48.2 Å². The number of H-pyrrole nitrogens is 1. The number of anilines is 2. The van der Waals surface area contributed by atoms with Gasteiger partial charge in [0.25, 0.3) is 11.5 Å². The molecule has 0 bridgehead atoms. The quantitative estimate of drug-likeness (QED) is 0.0878. The molecular formula is C37H51N5O5. The van der Waals surface area contributed by atoms with Crippen LogP contribution in [0.25, 0.3) is 0 Å². The minimum absolute atomic E-state index is 0.00471. The molecule has 10 heteroatoms. The summed E-state index contributed by atoms with van der Waals surface area (Å²) in [5.74, 6) is -0.506. The maximum Gasteiger partial charge on any atom is 0.346 e. The summed E-state index contributed by atoms with van der Waals surface area (Å²) in [6, 6.07) is 15.7. The van der Waals surface area contributed by atoms with Crippen LogP contribution in [-0.2, 0) is 4.74 Å². The third kappa shape index (κ3) is 10.8. The molecule has 0 radical (unpaired) electrons. The Kier molecular flexibility index (Phi) is 15.2. The zero-order valence-electron chi connectivity index (χ0n) is 28.6. The number of nitrogens with zero attached hydrogens (tertiary/aromatic N) is 3. The van der Waals surface area contributed by atoms with Crippen molar-refractivity contribution in [1.82, 2.24) is 9.88 Å². The van der Waals surface area contributed by atoms with E-state index in [1.54, 1.807) is 55.5 Å². The fourth-order valence-corrected chi connectivity index (χ4v) is 5.52. The number of amides is 1. The molecule has 254 valence electrons. The van der Waals surface area contributed by atoms with Crippen molar-refractivity contribution in [1.29, 1.82) is 0 Å². The molecule has 0 aliphatic carbocycles. The predicted octanol–water partition coefficient (Wildman–Crippen LogP) is 9.29. The van der Waals surface area contributed by atoms with Crippen LogP contribution in [0.2, 0.25) is 0 Å². The summed E-state index contributed by atoms with van der Waals surface area (Å²) in [4.78, 5) is 43.7. The van der Waals surface area contributed by atoms with Gasteiger partial charge in [-0.1, -0.05) is 84.4 Å². The van der Waals surface area contributed by atoms with Gasteiger partial charge in [-0.05, 0) is 68.0 Å². The lowest BCUT2D eigenvalue weighted by molar-refractivity contribution is 0.0525. The summed E-state index contributed by atoms with van der Waals surface area (Å²) in [6.45, 7) is 12.0. The number of aromatic hydroxyl groups is 1. The van der Waals surface area contributed by atoms with Crippen LogP contribution in [0.1, 0.15) is 107 Å². The Morgan fingerprint density at radius 1 is 0.872 bits per heavy atom. The number of hydrogen-bond acceptors (Lipinski definition) is 8. The van der Waals surface area contributed by atoms with E-state index in [0.29, 0.717) is 28.8 Å². The highest BCUT2D eigenvalue weighted by molar-refractivity contribution is 6.00. The number of carbonyl (C=O) groups excluding carboxylic acids is 2. The standard InChI is InChI=1S/C37H51N5O5/c1-6-11-16-26(8-3)24-42(25-27(9-4)17-12-7-2)36(45)28-20-22-30(23-21-28)40-41-33-32(38-29-18-14-13-15-19-29)31(37(46)47-10-5)34(43)39-35(33)44/h13-15,18-23,26-27H,6-12,16-17,24-25H2,1-5H3,(H3,38,39,43,44)/b41-40+. The molecule has 2 atom stereocenters. The van der Waals surface area contributed by atoms with Crippen molar-refractivity contribution < 1.29 is 19.4 Å². The Balaban J connectivity index is 1.92. The molecule has 2 aromatic carbocycles. The number of carbonyl (C=O) groups is 2. The first-order chi connectivity index (χ1) is 22.8. The van der Waals surface area contributed by atoms with Gasteiger partial charge in [-0.2, -0.15) is 5.11 Å². The number of aromatic amines is 1. The van der Waals surface area contributed by atoms with Crippen LogP contribution >= 0.6 is 0 Å². The van der Waals surface area contributed by atoms with Gasteiger partial charge in [-0.15, -0.1) is 5.11 Å². The van der Waals surface area contributed by atoms with Crippen LogP contribution in [0, 0.1) is 11.8 Å². The summed E-state index contributed by atoms with van der Waals surface area (Å²) in [7, 11) is 0. The maximum atomic E-state index is 13.9. The number of unbranched alkanes of at least 4 members (excludes halogenated alkanes) is 2. The SMILES string of the molecule is CCCCC(CC)CN(CC(CC)CCCC)C(=O)c1ccc(/N=N/c2c(O)[nH]c(=O)c(C(=O)OCC)c2Nc2ccccc2)cc1. The zero-order valence-corrected chi connectivity index (χ0v) is 28.6. The van der Waals surface area contributed by atoms with Crippen LogP contribution in [0.3, 0.4) is 0 Å². The van der Waals surface area contributed by atoms with E-state index >= 15 is 0 Å². The van der Waals surface area contributed by atoms with E-state index in [4.69, 9.17) is 4.74 Å². The lowest BCUT2D eigenvalue weighted by Gasteiger charge is -2.31. The van der Waals surface area contributed by atoms with Crippen molar-refractivity contribution in [2.24, 2.45) is 22.1 Å². The first kappa shape index (κ1) is 37.0. The van der Waals surface area contributed by atoms with E-state index in [0.717, 1.165) is 64.5 Å². The van der Waals surface area contributed by atoms with E-state index in [-0.39, 0.29) is 29.5 Å². The number of azo groups is 1. The summed E-state index contributed by atoms with van der Waals surface area (Å²) in [5, 5.41) is 22.2. The molecule has 3 N–H and O–H groups in total. The molecule has 0 aliphatic rings. The number of rotatable bonds is 19. The lowest BCUT2D eigenvalue weighted by atomic mass is 9.95. The number of esters is 1. The van der Waals surface area contributed by atoms with Gasteiger partial charge >= 0.3 is 5.97 Å². The Labute approximate surface area is 278 Å². The highest BCUT2D eigenvalue weighted by Crippen LogP contribution is 2.37.